The van der Waals surface area contributed by atoms with Crippen LogP contribution in [0.25, 0.3) is 0 Å². The fraction of sp³-hybridized carbons (Fsp3) is 0.474. The number of piperidine rings is 1. The van der Waals surface area contributed by atoms with Gasteiger partial charge in [0.25, 0.3) is 5.91 Å². The molecular formula is C19H23N3O2S. The molecule has 132 valence electrons. The molecule has 1 amide bonds. The lowest BCUT2D eigenvalue weighted by atomic mass is 9.92. The zero-order valence-electron chi connectivity index (χ0n) is 14.2. The number of aromatic nitrogens is 1. The van der Waals surface area contributed by atoms with Crippen molar-refractivity contribution in [2.75, 3.05) is 24.5 Å². The number of rotatable bonds is 4. The van der Waals surface area contributed by atoms with Gasteiger partial charge in [-0.3, -0.25) is 4.79 Å². The van der Waals surface area contributed by atoms with Gasteiger partial charge in [-0.05, 0) is 55.9 Å². The van der Waals surface area contributed by atoms with Gasteiger partial charge in [0, 0.05) is 30.7 Å². The molecule has 6 heteroatoms. The molecule has 1 atom stereocenters. The second-order valence-corrected chi connectivity index (χ2v) is 8.17. The summed E-state index contributed by atoms with van der Waals surface area (Å²) in [5.41, 5.74) is 0.415. The van der Waals surface area contributed by atoms with Crippen LogP contribution in [-0.4, -0.2) is 41.2 Å². The average Bonchev–Trinajstić information content (AvgIpc) is 3.23. The summed E-state index contributed by atoms with van der Waals surface area (Å²) in [7, 11) is 0. The first-order chi connectivity index (χ1) is 12.1. The number of nitrogens with zero attached hydrogens (tertiary/aromatic N) is 2. The van der Waals surface area contributed by atoms with E-state index in [4.69, 9.17) is 0 Å². The maximum atomic E-state index is 12.4. The number of hydrogen-bond acceptors (Lipinski definition) is 5. The zero-order valence-corrected chi connectivity index (χ0v) is 15.0. The van der Waals surface area contributed by atoms with Crippen molar-refractivity contribution in [3.8, 4) is 0 Å². The largest absolute Gasteiger partial charge is 0.386 e. The number of thiophene rings is 1. The van der Waals surface area contributed by atoms with Gasteiger partial charge in [-0.15, -0.1) is 11.3 Å². The van der Waals surface area contributed by atoms with Crippen molar-refractivity contribution in [1.29, 1.82) is 0 Å². The SMILES string of the molecule is O=C(NC[C@@]1(O)CCCN(c2ccccn2)C1)c1cc2c(s1)CCC2. The third-order valence-corrected chi connectivity index (χ3v) is 6.31. The van der Waals surface area contributed by atoms with Crippen LogP contribution in [0.2, 0.25) is 0 Å². The molecular weight excluding hydrogens is 334 g/mol. The van der Waals surface area contributed by atoms with Gasteiger partial charge in [-0.2, -0.15) is 0 Å². The molecule has 1 fully saturated rings. The molecule has 1 saturated heterocycles. The van der Waals surface area contributed by atoms with Crippen molar-refractivity contribution in [2.24, 2.45) is 0 Å². The fourth-order valence-electron chi connectivity index (χ4n) is 3.77. The molecule has 1 aliphatic heterocycles. The molecule has 0 unspecified atom stereocenters. The molecule has 0 spiro atoms. The summed E-state index contributed by atoms with van der Waals surface area (Å²) in [5.74, 6) is 0.810. The number of amides is 1. The van der Waals surface area contributed by atoms with Gasteiger partial charge in [0.15, 0.2) is 0 Å². The Morgan fingerprint density at radius 3 is 3.08 bits per heavy atom. The van der Waals surface area contributed by atoms with Crippen LogP contribution in [0.5, 0.6) is 0 Å². The van der Waals surface area contributed by atoms with Gasteiger partial charge in [0.1, 0.15) is 5.82 Å². The van der Waals surface area contributed by atoms with E-state index in [1.54, 1.807) is 17.5 Å². The van der Waals surface area contributed by atoms with Crippen molar-refractivity contribution < 1.29 is 9.90 Å². The van der Waals surface area contributed by atoms with Crippen LogP contribution in [-0.2, 0) is 12.8 Å². The van der Waals surface area contributed by atoms with E-state index in [-0.39, 0.29) is 12.5 Å². The molecule has 0 radical (unpaired) electrons. The number of carbonyl (C=O) groups is 1. The van der Waals surface area contributed by atoms with Crippen LogP contribution in [0.15, 0.2) is 30.5 Å². The molecule has 2 N–H and O–H groups in total. The number of aryl methyl sites for hydroxylation is 2. The molecule has 2 aromatic heterocycles. The molecule has 0 bridgehead atoms. The van der Waals surface area contributed by atoms with Gasteiger partial charge in [-0.1, -0.05) is 6.07 Å². The highest BCUT2D eigenvalue weighted by Crippen LogP contribution is 2.30. The minimum absolute atomic E-state index is 0.0669. The van der Waals surface area contributed by atoms with E-state index in [9.17, 15) is 9.90 Å². The zero-order chi connectivity index (χ0) is 17.3. The lowest BCUT2D eigenvalue weighted by molar-refractivity contribution is 0.0255. The first-order valence-electron chi connectivity index (χ1n) is 8.91. The van der Waals surface area contributed by atoms with Gasteiger partial charge < -0.3 is 15.3 Å². The van der Waals surface area contributed by atoms with Crippen LogP contribution in [0.4, 0.5) is 5.82 Å². The molecule has 5 nitrogen and oxygen atoms in total. The van der Waals surface area contributed by atoms with Crippen molar-refractivity contribution >= 4 is 23.1 Å². The number of carbonyl (C=O) groups excluding carboxylic acids is 1. The maximum Gasteiger partial charge on any atom is 0.261 e. The van der Waals surface area contributed by atoms with Crippen LogP contribution < -0.4 is 10.2 Å². The van der Waals surface area contributed by atoms with E-state index in [0.29, 0.717) is 13.0 Å². The topological polar surface area (TPSA) is 65.5 Å². The molecule has 2 aromatic rings. The van der Waals surface area contributed by atoms with Crippen molar-refractivity contribution in [1.82, 2.24) is 10.3 Å². The number of nitrogens with one attached hydrogen (secondary N) is 1. The monoisotopic (exact) mass is 357 g/mol. The predicted molar refractivity (Wildman–Crippen MR) is 99.3 cm³/mol. The third kappa shape index (κ3) is 3.55. The Balaban J connectivity index is 1.38. The second-order valence-electron chi connectivity index (χ2n) is 7.03. The van der Waals surface area contributed by atoms with Gasteiger partial charge in [0.2, 0.25) is 0 Å². The quantitative estimate of drug-likeness (QED) is 0.882. The van der Waals surface area contributed by atoms with E-state index in [2.05, 4.69) is 15.2 Å². The molecule has 25 heavy (non-hydrogen) atoms. The van der Waals surface area contributed by atoms with Gasteiger partial charge in [0.05, 0.1) is 10.5 Å². The van der Waals surface area contributed by atoms with Crippen LogP contribution in [0, 0.1) is 0 Å². The lowest BCUT2D eigenvalue weighted by Gasteiger charge is -2.39. The average molecular weight is 357 g/mol. The summed E-state index contributed by atoms with van der Waals surface area (Å²) in [6.07, 6.45) is 6.72. The number of aliphatic hydroxyl groups is 1. The molecule has 0 saturated carbocycles. The second kappa shape index (κ2) is 6.77. The highest BCUT2D eigenvalue weighted by molar-refractivity contribution is 7.14. The number of fused-ring (bicyclic) bond motifs is 1. The highest BCUT2D eigenvalue weighted by atomic mass is 32.1. The number of anilines is 1. The third-order valence-electron chi connectivity index (χ3n) is 5.08. The molecule has 1 aliphatic carbocycles. The molecule has 0 aromatic carbocycles. The minimum atomic E-state index is -0.911. The maximum absolute atomic E-state index is 12.4. The van der Waals surface area contributed by atoms with Crippen LogP contribution >= 0.6 is 11.3 Å². The predicted octanol–water partition coefficient (Wildman–Crippen LogP) is 2.39. The molecule has 3 heterocycles. The Hall–Kier alpha value is -1.92. The summed E-state index contributed by atoms with van der Waals surface area (Å²) < 4.78 is 0. The normalized spacial score (nSPS) is 22.7. The van der Waals surface area contributed by atoms with Gasteiger partial charge >= 0.3 is 0 Å². The minimum Gasteiger partial charge on any atom is -0.386 e. The summed E-state index contributed by atoms with van der Waals surface area (Å²) >= 11 is 1.60. The Labute approximate surface area is 151 Å². The number of pyridine rings is 1. The van der Waals surface area contributed by atoms with E-state index in [1.807, 2.05) is 24.3 Å². The summed E-state index contributed by atoms with van der Waals surface area (Å²) in [6.45, 7) is 1.65. The highest BCUT2D eigenvalue weighted by Gasteiger charge is 2.34. The van der Waals surface area contributed by atoms with Crippen LogP contribution in [0.1, 0.15) is 39.4 Å². The van der Waals surface area contributed by atoms with Crippen molar-refractivity contribution in [2.45, 2.75) is 37.7 Å². The summed E-state index contributed by atoms with van der Waals surface area (Å²) in [6, 6.07) is 7.82. The van der Waals surface area contributed by atoms with Crippen molar-refractivity contribution in [3.05, 3.63) is 45.8 Å². The molecule has 2 aliphatic rings. The smallest absolute Gasteiger partial charge is 0.261 e. The van der Waals surface area contributed by atoms with Crippen LogP contribution in [0.3, 0.4) is 0 Å². The Morgan fingerprint density at radius 1 is 1.36 bits per heavy atom. The van der Waals surface area contributed by atoms with Crippen molar-refractivity contribution in [3.63, 3.8) is 0 Å². The first-order valence-corrected chi connectivity index (χ1v) is 9.73. The Kier molecular flexibility index (Phi) is 4.48. The van der Waals surface area contributed by atoms with Gasteiger partial charge in [-0.25, -0.2) is 4.98 Å². The number of hydrogen-bond donors (Lipinski definition) is 2. The number of β-amino-alcohol motifs (C(OH)–C–C–N with tert-alkyl or cyclic N) is 1. The fourth-order valence-corrected chi connectivity index (χ4v) is 4.94. The molecule has 4 rings (SSSR count). The Morgan fingerprint density at radius 2 is 2.28 bits per heavy atom. The Bertz CT molecular complexity index is 740. The summed E-state index contributed by atoms with van der Waals surface area (Å²) in [5, 5.41) is 13.9. The standard InChI is InChI=1S/C19H23N3O2S/c23-18(16-11-14-5-3-6-15(14)25-16)21-12-19(24)8-4-10-22(13-19)17-7-1-2-9-20-17/h1-2,7,9,11,24H,3-6,8,10,12-13H2,(H,21,23)/t19-/m0/s1. The lowest BCUT2D eigenvalue weighted by Crippen LogP contribution is -2.54. The van der Waals surface area contributed by atoms with E-state index in [0.717, 1.165) is 36.5 Å². The first kappa shape index (κ1) is 16.5. The summed E-state index contributed by atoms with van der Waals surface area (Å²) in [4.78, 5) is 21.0. The van der Waals surface area contributed by atoms with E-state index in [1.165, 1.54) is 16.9 Å². The van der Waals surface area contributed by atoms with E-state index >= 15 is 0 Å². The van der Waals surface area contributed by atoms with E-state index < -0.39 is 5.60 Å².